The maximum atomic E-state index is 11.6. The van der Waals surface area contributed by atoms with Crippen molar-refractivity contribution < 1.29 is 14.6 Å². The normalized spacial score (nSPS) is 10.7. The Labute approximate surface area is 136 Å². The van der Waals surface area contributed by atoms with Crippen LogP contribution in [0, 0.1) is 0 Å². The molecule has 4 nitrogen and oxygen atoms in total. The van der Waals surface area contributed by atoms with Crippen LogP contribution >= 0.6 is 0 Å². The topological polar surface area (TPSA) is 58.6 Å². The molecule has 1 amide bonds. The van der Waals surface area contributed by atoms with Crippen molar-refractivity contribution in [3.8, 4) is 11.5 Å². The molecule has 0 aliphatic heterocycles. The molecule has 2 aromatic carbocycles. The van der Waals surface area contributed by atoms with Crippen LogP contribution in [0.3, 0.4) is 0 Å². The van der Waals surface area contributed by atoms with E-state index in [9.17, 15) is 9.90 Å². The monoisotopic (exact) mass is 311 g/mol. The highest BCUT2D eigenvalue weighted by Crippen LogP contribution is 2.27. The summed E-state index contributed by atoms with van der Waals surface area (Å²) in [6.45, 7) is 2.49. The van der Waals surface area contributed by atoms with Crippen LogP contribution in [0.1, 0.15) is 24.5 Å². The first kappa shape index (κ1) is 16.6. The molecule has 2 aromatic rings. The number of nitrogens with one attached hydrogen (secondary N) is 1. The van der Waals surface area contributed by atoms with Gasteiger partial charge in [0.05, 0.1) is 0 Å². The number of amides is 1. The molecule has 0 unspecified atom stereocenters. The molecule has 0 aromatic heterocycles. The molecular formula is C19H21NO3. The van der Waals surface area contributed by atoms with Gasteiger partial charge in [-0.3, -0.25) is 4.79 Å². The first-order valence-corrected chi connectivity index (χ1v) is 7.64. The third-order valence-corrected chi connectivity index (χ3v) is 3.18. The Morgan fingerprint density at radius 3 is 2.61 bits per heavy atom. The fourth-order valence-corrected chi connectivity index (χ4v) is 1.97. The quantitative estimate of drug-likeness (QED) is 0.770. The second-order valence-electron chi connectivity index (χ2n) is 5.11. The van der Waals surface area contributed by atoms with E-state index in [2.05, 4.69) is 5.32 Å². The summed E-state index contributed by atoms with van der Waals surface area (Å²) in [7, 11) is 0. The molecule has 4 heteroatoms. The number of ether oxygens (including phenoxy) is 1. The van der Waals surface area contributed by atoms with Crippen LogP contribution in [0.2, 0.25) is 0 Å². The van der Waals surface area contributed by atoms with Crippen molar-refractivity contribution in [2.75, 3.05) is 13.2 Å². The third kappa shape index (κ3) is 5.51. The molecule has 0 spiro atoms. The summed E-state index contributed by atoms with van der Waals surface area (Å²) in [4.78, 5) is 11.6. The summed E-state index contributed by atoms with van der Waals surface area (Å²) in [5.41, 5.74) is 1.97. The molecule has 0 atom stereocenters. The van der Waals surface area contributed by atoms with E-state index in [0.717, 1.165) is 17.5 Å². The molecule has 120 valence electrons. The summed E-state index contributed by atoms with van der Waals surface area (Å²) < 4.78 is 5.39. The molecular weight excluding hydrogens is 290 g/mol. The van der Waals surface area contributed by atoms with E-state index in [1.54, 1.807) is 18.2 Å². The van der Waals surface area contributed by atoms with Gasteiger partial charge < -0.3 is 15.2 Å². The van der Waals surface area contributed by atoms with Gasteiger partial charge in [0.2, 0.25) is 0 Å². The minimum absolute atomic E-state index is 0.0187. The van der Waals surface area contributed by atoms with Gasteiger partial charge in [-0.1, -0.05) is 55.5 Å². The molecule has 0 fully saturated rings. The van der Waals surface area contributed by atoms with Crippen molar-refractivity contribution in [2.45, 2.75) is 13.3 Å². The summed E-state index contributed by atoms with van der Waals surface area (Å²) in [5.74, 6) is 0.119. The minimum Gasteiger partial charge on any atom is -0.504 e. The zero-order chi connectivity index (χ0) is 16.5. The molecule has 0 saturated heterocycles. The number of rotatable bonds is 7. The Morgan fingerprint density at radius 2 is 1.87 bits per heavy atom. The lowest BCUT2D eigenvalue weighted by molar-refractivity contribution is -0.123. The van der Waals surface area contributed by atoms with Crippen molar-refractivity contribution in [3.05, 3.63) is 59.7 Å². The highest BCUT2D eigenvalue weighted by Gasteiger charge is 2.06. The first-order chi connectivity index (χ1) is 11.2. The number of phenols is 1. The van der Waals surface area contributed by atoms with Gasteiger partial charge in [-0.25, -0.2) is 0 Å². The van der Waals surface area contributed by atoms with Crippen LogP contribution in [0.25, 0.3) is 12.2 Å². The van der Waals surface area contributed by atoms with Crippen LogP contribution in [-0.2, 0) is 4.79 Å². The number of carbonyl (C=O) groups excluding carboxylic acids is 1. The second kappa shape index (κ2) is 8.63. The Balaban J connectivity index is 2.01. The maximum Gasteiger partial charge on any atom is 0.257 e. The van der Waals surface area contributed by atoms with Crippen molar-refractivity contribution >= 4 is 18.1 Å². The predicted molar refractivity (Wildman–Crippen MR) is 92.3 cm³/mol. The Hall–Kier alpha value is -2.75. The number of carbonyl (C=O) groups is 1. The van der Waals surface area contributed by atoms with E-state index in [4.69, 9.17) is 4.74 Å². The second-order valence-corrected chi connectivity index (χ2v) is 5.11. The van der Waals surface area contributed by atoms with E-state index in [1.807, 2.05) is 49.4 Å². The number of hydrogen-bond donors (Lipinski definition) is 2. The number of aromatic hydroxyl groups is 1. The smallest absolute Gasteiger partial charge is 0.257 e. The molecule has 23 heavy (non-hydrogen) atoms. The number of phenolic OH excluding ortho intramolecular Hbond substituents is 1. The van der Waals surface area contributed by atoms with E-state index < -0.39 is 0 Å². The standard InChI is InChI=1S/C19H21NO3/c1-2-12-20-19(22)14-23-18-13-16(10-11-17(18)21)9-8-15-6-4-3-5-7-15/h3-11,13,21H,2,12,14H2,1H3,(H,20,22)/b9-8+. The van der Waals surface area contributed by atoms with Gasteiger partial charge in [-0.15, -0.1) is 0 Å². The zero-order valence-corrected chi connectivity index (χ0v) is 13.2. The molecule has 0 bridgehead atoms. The van der Waals surface area contributed by atoms with Crippen LogP contribution in [-0.4, -0.2) is 24.2 Å². The van der Waals surface area contributed by atoms with Crippen LogP contribution in [0.4, 0.5) is 0 Å². The van der Waals surface area contributed by atoms with Gasteiger partial charge in [0.1, 0.15) is 0 Å². The third-order valence-electron chi connectivity index (χ3n) is 3.18. The Morgan fingerprint density at radius 1 is 1.13 bits per heavy atom. The fourth-order valence-electron chi connectivity index (χ4n) is 1.97. The molecule has 2 rings (SSSR count). The lowest BCUT2D eigenvalue weighted by Crippen LogP contribution is -2.29. The molecule has 0 radical (unpaired) electrons. The van der Waals surface area contributed by atoms with Gasteiger partial charge >= 0.3 is 0 Å². The van der Waals surface area contributed by atoms with E-state index in [-0.39, 0.29) is 18.3 Å². The van der Waals surface area contributed by atoms with Crippen LogP contribution in [0.15, 0.2) is 48.5 Å². The Kier molecular flexibility index (Phi) is 6.24. The van der Waals surface area contributed by atoms with Crippen LogP contribution < -0.4 is 10.1 Å². The largest absolute Gasteiger partial charge is 0.504 e. The lowest BCUT2D eigenvalue weighted by atomic mass is 10.1. The van der Waals surface area contributed by atoms with Gasteiger partial charge in [0.25, 0.3) is 5.91 Å². The first-order valence-electron chi connectivity index (χ1n) is 7.64. The molecule has 2 N–H and O–H groups in total. The summed E-state index contributed by atoms with van der Waals surface area (Å²) in [6, 6.07) is 15.0. The number of benzene rings is 2. The van der Waals surface area contributed by atoms with Gasteiger partial charge in [0.15, 0.2) is 18.1 Å². The number of hydrogen-bond acceptors (Lipinski definition) is 3. The summed E-state index contributed by atoms with van der Waals surface area (Å²) >= 11 is 0. The predicted octanol–water partition coefficient (Wildman–Crippen LogP) is 3.47. The SMILES string of the molecule is CCCNC(=O)COc1cc(/C=C/c2ccccc2)ccc1O. The Bertz CT molecular complexity index is 666. The van der Waals surface area contributed by atoms with Crippen molar-refractivity contribution in [1.29, 1.82) is 0 Å². The van der Waals surface area contributed by atoms with Gasteiger partial charge in [0, 0.05) is 6.54 Å². The van der Waals surface area contributed by atoms with E-state index >= 15 is 0 Å². The van der Waals surface area contributed by atoms with Crippen molar-refractivity contribution in [2.24, 2.45) is 0 Å². The average molecular weight is 311 g/mol. The van der Waals surface area contributed by atoms with Crippen LogP contribution in [0.5, 0.6) is 11.5 Å². The van der Waals surface area contributed by atoms with Crippen molar-refractivity contribution in [1.82, 2.24) is 5.32 Å². The lowest BCUT2D eigenvalue weighted by Gasteiger charge is -2.09. The molecule has 0 heterocycles. The summed E-state index contributed by atoms with van der Waals surface area (Å²) in [5, 5.41) is 12.6. The van der Waals surface area contributed by atoms with E-state index in [1.165, 1.54) is 0 Å². The zero-order valence-electron chi connectivity index (χ0n) is 13.2. The molecule has 0 aliphatic carbocycles. The van der Waals surface area contributed by atoms with Gasteiger partial charge in [-0.05, 0) is 29.7 Å². The highest BCUT2D eigenvalue weighted by molar-refractivity contribution is 5.77. The maximum absolute atomic E-state index is 11.6. The highest BCUT2D eigenvalue weighted by atomic mass is 16.5. The van der Waals surface area contributed by atoms with E-state index in [0.29, 0.717) is 12.3 Å². The summed E-state index contributed by atoms with van der Waals surface area (Å²) in [6.07, 6.45) is 4.78. The van der Waals surface area contributed by atoms with Crippen molar-refractivity contribution in [3.63, 3.8) is 0 Å². The molecule has 0 aliphatic rings. The molecule has 0 saturated carbocycles. The minimum atomic E-state index is -0.198. The van der Waals surface area contributed by atoms with Gasteiger partial charge in [-0.2, -0.15) is 0 Å². The fraction of sp³-hybridized carbons (Fsp3) is 0.211. The average Bonchev–Trinajstić information content (AvgIpc) is 2.59.